The molecule has 0 aromatic carbocycles. The molecule has 0 atom stereocenters. The highest BCUT2D eigenvalue weighted by molar-refractivity contribution is 7.90. The molecule has 0 aliphatic carbocycles. The van der Waals surface area contributed by atoms with Crippen molar-refractivity contribution in [3.8, 4) is 0 Å². The van der Waals surface area contributed by atoms with Gasteiger partial charge in [0.15, 0.2) is 0 Å². The third kappa shape index (κ3) is 5.46. The van der Waals surface area contributed by atoms with Gasteiger partial charge in [-0.05, 0) is 6.42 Å². The Bertz CT molecular complexity index is 901. The lowest BCUT2D eigenvalue weighted by atomic mass is 9.94. The Balaban J connectivity index is 6.56. The first-order valence-corrected chi connectivity index (χ1v) is 13.0. The van der Waals surface area contributed by atoms with Gasteiger partial charge in [0.05, 0.1) is 0 Å². The first-order valence-electron chi connectivity index (χ1n) is 9.58. The molecule has 0 heterocycles. The summed E-state index contributed by atoms with van der Waals surface area (Å²) in [5.41, 5.74) is 0. The Morgan fingerprint density at radius 3 is 1.29 bits per heavy atom. The molecule has 0 aromatic heterocycles. The van der Waals surface area contributed by atoms with Crippen LogP contribution in [0, 0.1) is 0 Å². The van der Waals surface area contributed by atoms with Crippen LogP contribution in [0.5, 0.6) is 0 Å². The van der Waals surface area contributed by atoms with Crippen LogP contribution in [0.15, 0.2) is 0 Å². The fraction of sp³-hybridized carbons (Fsp3) is 1.00. The molecule has 0 aromatic rings. The Labute approximate surface area is 206 Å². The van der Waals surface area contributed by atoms with E-state index >= 15 is 0 Å². The van der Waals surface area contributed by atoms with Gasteiger partial charge in [0, 0.05) is 40.5 Å². The molecule has 0 N–H and O–H groups in total. The normalized spacial score (nSPS) is 15.9. The number of rotatable bonds is 15. The molecule has 0 unspecified atom stereocenters. The summed E-state index contributed by atoms with van der Waals surface area (Å²) < 4.78 is 239. The third-order valence-corrected chi connectivity index (χ3v) is 10.00. The van der Waals surface area contributed by atoms with Crippen molar-refractivity contribution in [3.63, 3.8) is 0 Å². The van der Waals surface area contributed by atoms with E-state index in [9.17, 15) is 74.3 Å². The summed E-state index contributed by atoms with van der Waals surface area (Å²) in [4.78, 5) is 0. The molecule has 0 rings (SSSR count). The van der Waals surface area contributed by atoms with E-state index < -0.39 is 89.7 Å². The second-order valence-corrected chi connectivity index (χ2v) is 12.4. The fourth-order valence-corrected chi connectivity index (χ4v) is 5.94. The van der Waals surface area contributed by atoms with E-state index in [0.717, 1.165) is 21.3 Å². The van der Waals surface area contributed by atoms with E-state index in [1.165, 1.54) is 0 Å². The second kappa shape index (κ2) is 11.1. The van der Waals surface area contributed by atoms with Crippen molar-refractivity contribution in [3.05, 3.63) is 0 Å². The van der Waals surface area contributed by atoms with E-state index in [-0.39, 0.29) is 0 Å². The predicted molar refractivity (Wildman–Crippen MR) is 98.1 cm³/mol. The summed E-state index contributed by atoms with van der Waals surface area (Å²) in [5, 5.41) is -7.45. The van der Waals surface area contributed by atoms with Gasteiger partial charge in [-0.3, -0.25) is 0 Å². The largest absolute Gasteiger partial charge is 0.500 e. The zero-order chi connectivity index (χ0) is 31.0. The summed E-state index contributed by atoms with van der Waals surface area (Å²) >= 11 is 0. The van der Waals surface area contributed by atoms with Crippen LogP contribution in [-0.2, 0) is 23.3 Å². The van der Waals surface area contributed by atoms with Gasteiger partial charge < -0.3 is 13.3 Å². The molecule has 0 aliphatic heterocycles. The maximum atomic E-state index is 14.3. The number of sulfonamides is 1. The van der Waals surface area contributed by atoms with E-state index in [0.29, 0.717) is 6.92 Å². The van der Waals surface area contributed by atoms with Crippen LogP contribution in [0.1, 0.15) is 13.3 Å². The lowest BCUT2D eigenvalue weighted by Gasteiger charge is -2.41. The molecule has 0 spiro atoms. The van der Waals surface area contributed by atoms with Crippen molar-refractivity contribution in [1.29, 1.82) is 0 Å². The van der Waals surface area contributed by atoms with Crippen molar-refractivity contribution < 1.29 is 87.6 Å². The molecule has 230 valence electrons. The molecule has 0 aliphatic rings. The molecule has 23 heteroatoms. The first kappa shape index (κ1) is 37.0. The topological polar surface area (TPSA) is 65.1 Å². The van der Waals surface area contributed by atoms with Gasteiger partial charge in [0.25, 0.3) is 10.0 Å². The van der Waals surface area contributed by atoms with Crippen LogP contribution in [0.4, 0.5) is 65.9 Å². The SMILES string of the molecule is CCN(CCC[Si](OC)(OC)OC)S(=O)(=O)C(F)(F)C(F)(F)C(F)(F)C(F)(F)C(F)(F)C(F)(F)C(F)(F)F. The lowest BCUT2D eigenvalue weighted by molar-refractivity contribution is -0.447. The van der Waals surface area contributed by atoms with Crippen LogP contribution in [-0.4, -0.2) is 97.0 Å². The van der Waals surface area contributed by atoms with Crippen LogP contribution < -0.4 is 0 Å². The monoisotopic (exact) mass is 639 g/mol. The summed E-state index contributed by atoms with van der Waals surface area (Å²) in [5.74, 6) is -41.9. The minimum Gasteiger partial charge on any atom is -0.377 e. The Kier molecular flexibility index (Phi) is 10.8. The van der Waals surface area contributed by atoms with E-state index in [1.807, 2.05) is 0 Å². The van der Waals surface area contributed by atoms with E-state index in [1.54, 1.807) is 0 Å². The summed E-state index contributed by atoms with van der Waals surface area (Å²) in [7, 11) is -7.70. The van der Waals surface area contributed by atoms with Gasteiger partial charge in [0.1, 0.15) is 0 Å². The van der Waals surface area contributed by atoms with Gasteiger partial charge in [-0.1, -0.05) is 6.92 Å². The quantitative estimate of drug-likeness (QED) is 0.181. The summed E-state index contributed by atoms with van der Waals surface area (Å²) in [6.45, 7) is -1.86. The van der Waals surface area contributed by atoms with E-state index in [4.69, 9.17) is 13.3 Å². The zero-order valence-electron chi connectivity index (χ0n) is 19.4. The molecule has 0 saturated heterocycles. The van der Waals surface area contributed by atoms with Crippen molar-refractivity contribution in [2.75, 3.05) is 34.4 Å². The molecular formula is C15H20F15NO5SSi. The molecule has 0 bridgehead atoms. The van der Waals surface area contributed by atoms with Crippen LogP contribution >= 0.6 is 0 Å². The standard InChI is InChI=1S/C15H20F15NO5SSi/c1-5-31(7-6-8-38(34-2,35-3)36-4)37(32,33)15(29,30)13(24,25)11(20,21)9(16,17)10(18,19)12(22,23)14(26,27)28/h5-8H2,1-4H3. The van der Waals surface area contributed by atoms with Gasteiger partial charge in [0.2, 0.25) is 0 Å². The minimum atomic E-state index is -8.58. The maximum absolute atomic E-state index is 14.3. The lowest BCUT2D eigenvalue weighted by Crippen LogP contribution is -2.73. The molecule has 6 nitrogen and oxygen atoms in total. The molecule has 0 amide bonds. The number of alkyl halides is 15. The highest BCUT2D eigenvalue weighted by Crippen LogP contribution is 2.63. The van der Waals surface area contributed by atoms with Crippen molar-refractivity contribution in [2.24, 2.45) is 0 Å². The fourth-order valence-electron chi connectivity index (χ4n) is 2.75. The molecule has 0 radical (unpaired) electrons. The van der Waals surface area contributed by atoms with Crippen molar-refractivity contribution in [1.82, 2.24) is 4.31 Å². The number of hydrogen-bond donors (Lipinski definition) is 0. The molecule has 0 fully saturated rings. The van der Waals surface area contributed by atoms with Crippen LogP contribution in [0.2, 0.25) is 6.04 Å². The Morgan fingerprint density at radius 2 is 0.974 bits per heavy atom. The average Bonchev–Trinajstić information content (AvgIpc) is 2.78. The number of nitrogens with zero attached hydrogens (tertiary/aromatic N) is 1. The highest BCUT2D eigenvalue weighted by Gasteiger charge is 2.94. The van der Waals surface area contributed by atoms with Gasteiger partial charge in [-0.2, -0.15) is 70.2 Å². The van der Waals surface area contributed by atoms with Gasteiger partial charge in [-0.25, -0.2) is 8.42 Å². The first-order chi connectivity index (χ1) is 16.6. The number of halogens is 15. The minimum absolute atomic E-state index is 0.433. The number of hydrogen-bond acceptors (Lipinski definition) is 5. The van der Waals surface area contributed by atoms with Crippen molar-refractivity contribution >= 4 is 18.8 Å². The second-order valence-electron chi connectivity index (χ2n) is 7.28. The zero-order valence-corrected chi connectivity index (χ0v) is 21.2. The summed E-state index contributed by atoms with van der Waals surface area (Å²) in [6.07, 6.45) is -8.41. The smallest absolute Gasteiger partial charge is 0.377 e. The van der Waals surface area contributed by atoms with Crippen molar-refractivity contribution in [2.45, 2.75) is 60.4 Å². The van der Waals surface area contributed by atoms with Crippen LogP contribution in [0.25, 0.3) is 0 Å². The third-order valence-electron chi connectivity index (χ3n) is 5.14. The molecular weight excluding hydrogens is 619 g/mol. The molecule has 0 saturated carbocycles. The van der Waals surface area contributed by atoms with Gasteiger partial charge >= 0.3 is 49.8 Å². The average molecular weight is 639 g/mol. The maximum Gasteiger partial charge on any atom is 0.500 e. The molecule has 38 heavy (non-hydrogen) atoms. The Morgan fingerprint density at radius 1 is 0.632 bits per heavy atom. The summed E-state index contributed by atoms with van der Waals surface area (Å²) in [6, 6.07) is -0.433. The Hall–Kier alpha value is -1.04. The van der Waals surface area contributed by atoms with E-state index in [2.05, 4.69) is 0 Å². The van der Waals surface area contributed by atoms with Crippen LogP contribution in [0.3, 0.4) is 0 Å². The highest BCUT2D eigenvalue weighted by atomic mass is 32.2. The predicted octanol–water partition coefficient (Wildman–Crippen LogP) is 5.24. The van der Waals surface area contributed by atoms with Gasteiger partial charge in [-0.15, -0.1) is 0 Å².